The minimum Gasteiger partial charge on any atom is -0.314 e. The monoisotopic (exact) mass is 189 g/mol. The summed E-state index contributed by atoms with van der Waals surface area (Å²) in [7, 11) is 0. The highest BCUT2D eigenvalue weighted by Crippen LogP contribution is 2.04. The van der Waals surface area contributed by atoms with Crippen LogP contribution in [-0.2, 0) is 0 Å². The largest absolute Gasteiger partial charge is 0.314 e. The van der Waals surface area contributed by atoms with Crippen molar-refractivity contribution in [3.05, 3.63) is 0 Å². The molecule has 0 saturated carbocycles. The van der Waals surface area contributed by atoms with Gasteiger partial charge in [-0.1, -0.05) is 48.0 Å². The first-order chi connectivity index (χ1) is 6.39. The Kier molecular flexibility index (Phi) is 32.6. The molecular weight excluding hydrogens is 158 g/mol. The van der Waals surface area contributed by atoms with Crippen LogP contribution >= 0.6 is 0 Å². The lowest BCUT2D eigenvalue weighted by atomic mass is 10.1. The average molecular weight is 189 g/mol. The lowest BCUT2D eigenvalue weighted by molar-refractivity contribution is 0.425. The van der Waals surface area contributed by atoms with E-state index in [9.17, 15) is 0 Å². The van der Waals surface area contributed by atoms with Crippen LogP contribution in [0.5, 0.6) is 0 Å². The van der Waals surface area contributed by atoms with Gasteiger partial charge in [0, 0.05) is 6.04 Å². The summed E-state index contributed by atoms with van der Waals surface area (Å²) in [4.78, 5) is 0. The lowest BCUT2D eigenvalue weighted by Crippen LogP contribution is -2.30. The first kappa shape index (κ1) is 18.7. The molecule has 13 heavy (non-hydrogen) atoms. The first-order valence-corrected chi connectivity index (χ1v) is 6.13. The standard InChI is InChI=1S/C6H13N.3C2H6/c1-6-4-2-3-5-7-6;3*1-2/h6-7H,2-5H2,1H3;3*1-2H3. The molecule has 1 rings (SSSR count). The molecule has 0 radical (unpaired) electrons. The average Bonchev–Trinajstić information content (AvgIpc) is 2.28. The van der Waals surface area contributed by atoms with E-state index in [-0.39, 0.29) is 0 Å². The van der Waals surface area contributed by atoms with Gasteiger partial charge < -0.3 is 5.32 Å². The molecule has 1 unspecified atom stereocenters. The molecule has 1 aliphatic heterocycles. The molecule has 0 spiro atoms. The van der Waals surface area contributed by atoms with Gasteiger partial charge in [0.1, 0.15) is 0 Å². The Morgan fingerprint density at radius 1 is 0.846 bits per heavy atom. The van der Waals surface area contributed by atoms with E-state index in [0.717, 1.165) is 6.04 Å². The zero-order valence-electron chi connectivity index (χ0n) is 10.9. The molecule has 0 aliphatic carbocycles. The van der Waals surface area contributed by atoms with Gasteiger partial charge in [-0.15, -0.1) is 0 Å². The zero-order chi connectivity index (χ0) is 11.1. The molecule has 1 saturated heterocycles. The van der Waals surface area contributed by atoms with Crippen LogP contribution in [0.1, 0.15) is 67.7 Å². The SMILES string of the molecule is CC.CC.CC.CC1CCCCN1. The minimum atomic E-state index is 0.786. The summed E-state index contributed by atoms with van der Waals surface area (Å²) in [6.45, 7) is 15.5. The quantitative estimate of drug-likeness (QED) is 0.601. The maximum Gasteiger partial charge on any atom is 0.00387 e. The van der Waals surface area contributed by atoms with Crippen molar-refractivity contribution in [2.24, 2.45) is 0 Å². The van der Waals surface area contributed by atoms with Crippen LogP contribution in [0, 0.1) is 0 Å². The first-order valence-electron chi connectivity index (χ1n) is 6.13. The smallest absolute Gasteiger partial charge is 0.00387 e. The Morgan fingerprint density at radius 2 is 1.31 bits per heavy atom. The van der Waals surface area contributed by atoms with Crippen LogP contribution in [0.3, 0.4) is 0 Å². The molecule has 0 aromatic rings. The van der Waals surface area contributed by atoms with Crippen molar-refractivity contribution in [2.45, 2.75) is 73.8 Å². The van der Waals surface area contributed by atoms with Crippen LogP contribution in [0.25, 0.3) is 0 Å². The molecule has 0 bridgehead atoms. The second kappa shape index (κ2) is 22.7. The van der Waals surface area contributed by atoms with Gasteiger partial charge in [0.25, 0.3) is 0 Å². The normalized spacial score (nSPS) is 19.2. The molecule has 1 N–H and O–H groups in total. The molecule has 1 heteroatoms. The molecule has 0 aromatic heterocycles. The van der Waals surface area contributed by atoms with Gasteiger partial charge in [-0.05, 0) is 26.3 Å². The Labute approximate surface area is 86.3 Å². The predicted molar refractivity (Wildman–Crippen MR) is 65.4 cm³/mol. The van der Waals surface area contributed by atoms with Crippen molar-refractivity contribution in [3.8, 4) is 0 Å². The highest BCUT2D eigenvalue weighted by Gasteiger charge is 2.04. The lowest BCUT2D eigenvalue weighted by Gasteiger charge is -2.18. The maximum atomic E-state index is 3.38. The van der Waals surface area contributed by atoms with Crippen LogP contribution in [0.15, 0.2) is 0 Å². The molecule has 0 aromatic carbocycles. The fourth-order valence-electron chi connectivity index (χ4n) is 1.03. The maximum absolute atomic E-state index is 3.38. The minimum absolute atomic E-state index is 0.786. The van der Waals surface area contributed by atoms with Crippen molar-refractivity contribution in [3.63, 3.8) is 0 Å². The third-order valence-electron chi connectivity index (χ3n) is 1.56. The highest BCUT2D eigenvalue weighted by atomic mass is 14.9. The fraction of sp³-hybridized carbons (Fsp3) is 1.00. The van der Waals surface area contributed by atoms with Gasteiger partial charge in [0.2, 0.25) is 0 Å². The number of hydrogen-bond acceptors (Lipinski definition) is 1. The van der Waals surface area contributed by atoms with E-state index in [1.165, 1.54) is 25.8 Å². The summed E-state index contributed by atoms with van der Waals surface area (Å²) in [6, 6.07) is 0.786. The van der Waals surface area contributed by atoms with E-state index in [1.54, 1.807) is 0 Å². The molecule has 1 nitrogen and oxygen atoms in total. The number of nitrogens with one attached hydrogen (secondary N) is 1. The topological polar surface area (TPSA) is 12.0 Å². The summed E-state index contributed by atoms with van der Waals surface area (Å²) < 4.78 is 0. The molecule has 1 atom stereocenters. The second-order valence-corrected chi connectivity index (χ2v) is 2.35. The third kappa shape index (κ3) is 18.7. The Balaban J connectivity index is -0.000000144. The van der Waals surface area contributed by atoms with Gasteiger partial charge in [0.15, 0.2) is 0 Å². The van der Waals surface area contributed by atoms with Crippen LogP contribution in [-0.4, -0.2) is 12.6 Å². The van der Waals surface area contributed by atoms with Crippen molar-refractivity contribution in [1.29, 1.82) is 0 Å². The van der Waals surface area contributed by atoms with Crippen molar-refractivity contribution >= 4 is 0 Å². The van der Waals surface area contributed by atoms with Crippen LogP contribution in [0.4, 0.5) is 0 Å². The third-order valence-corrected chi connectivity index (χ3v) is 1.56. The highest BCUT2D eigenvalue weighted by molar-refractivity contribution is 4.65. The number of hydrogen-bond donors (Lipinski definition) is 1. The van der Waals surface area contributed by atoms with E-state index in [4.69, 9.17) is 0 Å². The van der Waals surface area contributed by atoms with Crippen molar-refractivity contribution < 1.29 is 0 Å². The summed E-state index contributed by atoms with van der Waals surface area (Å²) in [5.74, 6) is 0. The van der Waals surface area contributed by atoms with Gasteiger partial charge in [0.05, 0.1) is 0 Å². The Hall–Kier alpha value is -0.0400. The molecule has 84 valence electrons. The predicted octanol–water partition coefficient (Wildman–Crippen LogP) is 4.23. The van der Waals surface area contributed by atoms with E-state index >= 15 is 0 Å². The Bertz CT molecular complexity index is 47.1. The summed E-state index contributed by atoms with van der Waals surface area (Å²) in [6.07, 6.45) is 4.18. The molecule has 1 heterocycles. The van der Waals surface area contributed by atoms with E-state index in [0.29, 0.717) is 0 Å². The number of piperidine rings is 1. The van der Waals surface area contributed by atoms with Crippen molar-refractivity contribution in [2.75, 3.05) is 6.54 Å². The van der Waals surface area contributed by atoms with Gasteiger partial charge >= 0.3 is 0 Å². The van der Waals surface area contributed by atoms with Gasteiger partial charge in [-0.25, -0.2) is 0 Å². The Morgan fingerprint density at radius 3 is 1.46 bits per heavy atom. The molecule has 0 amide bonds. The van der Waals surface area contributed by atoms with Crippen LogP contribution < -0.4 is 5.32 Å². The zero-order valence-corrected chi connectivity index (χ0v) is 10.9. The summed E-state index contributed by atoms with van der Waals surface area (Å²) in [5.41, 5.74) is 0. The van der Waals surface area contributed by atoms with E-state index < -0.39 is 0 Å². The van der Waals surface area contributed by atoms with E-state index in [2.05, 4.69) is 12.2 Å². The van der Waals surface area contributed by atoms with Crippen molar-refractivity contribution in [1.82, 2.24) is 5.32 Å². The van der Waals surface area contributed by atoms with Gasteiger partial charge in [-0.2, -0.15) is 0 Å². The van der Waals surface area contributed by atoms with Crippen LogP contribution in [0.2, 0.25) is 0 Å². The van der Waals surface area contributed by atoms with Gasteiger partial charge in [-0.3, -0.25) is 0 Å². The summed E-state index contributed by atoms with van der Waals surface area (Å²) in [5, 5.41) is 3.38. The second-order valence-electron chi connectivity index (χ2n) is 2.35. The van der Waals surface area contributed by atoms with E-state index in [1.807, 2.05) is 41.5 Å². The number of rotatable bonds is 0. The fourth-order valence-corrected chi connectivity index (χ4v) is 1.03. The molecule has 1 fully saturated rings. The summed E-state index contributed by atoms with van der Waals surface area (Å²) >= 11 is 0. The molecule has 1 aliphatic rings. The molecular formula is C12H31N.